The second-order valence-electron chi connectivity index (χ2n) is 6.20. The predicted molar refractivity (Wildman–Crippen MR) is 87.6 cm³/mol. The minimum Gasteiger partial charge on any atom is -0.381 e. The number of nitrogens with zero attached hydrogens (tertiary/aromatic N) is 2. The lowest BCUT2D eigenvalue weighted by molar-refractivity contribution is 0.0625. The van der Waals surface area contributed by atoms with Gasteiger partial charge in [-0.3, -0.25) is 9.88 Å². The summed E-state index contributed by atoms with van der Waals surface area (Å²) in [5.74, 6) is 1.15. The summed E-state index contributed by atoms with van der Waals surface area (Å²) in [6, 6.07) is 12.7. The molecule has 21 heavy (non-hydrogen) atoms. The first kappa shape index (κ1) is 13.6. The molecule has 0 amide bonds. The van der Waals surface area contributed by atoms with Gasteiger partial charge in [0.25, 0.3) is 0 Å². The van der Waals surface area contributed by atoms with Crippen molar-refractivity contribution in [3.63, 3.8) is 0 Å². The van der Waals surface area contributed by atoms with Crippen LogP contribution in [-0.4, -0.2) is 46.7 Å². The maximum absolute atomic E-state index is 5.49. The van der Waals surface area contributed by atoms with Crippen molar-refractivity contribution in [1.29, 1.82) is 0 Å². The topological polar surface area (TPSA) is 25.4 Å². The fourth-order valence-corrected chi connectivity index (χ4v) is 5.13. The summed E-state index contributed by atoms with van der Waals surface area (Å²) >= 11 is 2.09. The van der Waals surface area contributed by atoms with Crippen LogP contribution in [0.3, 0.4) is 0 Å². The zero-order valence-corrected chi connectivity index (χ0v) is 13.1. The van der Waals surface area contributed by atoms with Crippen LogP contribution in [0.5, 0.6) is 0 Å². The molecule has 2 aliphatic heterocycles. The fourth-order valence-electron chi connectivity index (χ4n) is 3.48. The molecule has 110 valence electrons. The third-order valence-electron chi connectivity index (χ3n) is 4.57. The van der Waals surface area contributed by atoms with Gasteiger partial charge in [-0.25, -0.2) is 0 Å². The van der Waals surface area contributed by atoms with Crippen LogP contribution in [0.25, 0.3) is 10.9 Å². The van der Waals surface area contributed by atoms with Gasteiger partial charge >= 0.3 is 0 Å². The number of hydrogen-bond donors (Lipinski definition) is 0. The standard InChI is InChI=1S/C17H20N2OS/c1-20-15-8-17(21-10-15)11-19(12-17)9-14-7-6-13-4-2-3-5-16(13)18-14/h2-7,15H,8-12H2,1H3/t15-/m1/s1. The number of para-hydroxylation sites is 1. The SMILES string of the molecule is CO[C@H]1CSC2(C1)CN(Cc1ccc3ccccc3n1)C2. The molecule has 1 aromatic carbocycles. The lowest BCUT2D eigenvalue weighted by atomic mass is 9.93. The van der Waals surface area contributed by atoms with Crippen molar-refractivity contribution in [2.24, 2.45) is 0 Å². The molecule has 1 atom stereocenters. The molecule has 0 radical (unpaired) electrons. The highest BCUT2D eigenvalue weighted by atomic mass is 32.2. The minimum absolute atomic E-state index is 0.455. The third-order valence-corrected chi connectivity index (χ3v) is 6.15. The normalized spacial score (nSPS) is 24.5. The van der Waals surface area contributed by atoms with E-state index in [2.05, 4.69) is 53.1 Å². The second-order valence-corrected chi connectivity index (χ2v) is 7.68. The Bertz CT molecular complexity index is 654. The van der Waals surface area contributed by atoms with Gasteiger partial charge in [-0.15, -0.1) is 11.8 Å². The van der Waals surface area contributed by atoms with E-state index in [0.717, 1.165) is 17.8 Å². The number of methoxy groups -OCH3 is 1. The zero-order chi connectivity index (χ0) is 14.3. The van der Waals surface area contributed by atoms with Crippen LogP contribution in [0.15, 0.2) is 36.4 Å². The lowest BCUT2D eigenvalue weighted by Gasteiger charge is -2.47. The molecular formula is C17H20N2OS. The van der Waals surface area contributed by atoms with E-state index in [9.17, 15) is 0 Å². The van der Waals surface area contributed by atoms with E-state index in [1.54, 1.807) is 0 Å². The van der Waals surface area contributed by atoms with E-state index in [4.69, 9.17) is 9.72 Å². The third kappa shape index (κ3) is 2.56. The molecule has 1 spiro atoms. The van der Waals surface area contributed by atoms with Crippen molar-refractivity contribution in [2.75, 3.05) is 26.0 Å². The van der Waals surface area contributed by atoms with Crippen LogP contribution in [0.1, 0.15) is 12.1 Å². The summed E-state index contributed by atoms with van der Waals surface area (Å²) in [7, 11) is 1.83. The van der Waals surface area contributed by atoms with Gasteiger partial charge in [0, 0.05) is 42.6 Å². The Kier molecular flexibility index (Phi) is 3.40. The van der Waals surface area contributed by atoms with E-state index >= 15 is 0 Å². The van der Waals surface area contributed by atoms with Crippen molar-refractivity contribution in [3.05, 3.63) is 42.1 Å². The number of hydrogen-bond acceptors (Lipinski definition) is 4. The lowest BCUT2D eigenvalue weighted by Crippen LogP contribution is -2.58. The molecular weight excluding hydrogens is 280 g/mol. The molecule has 1 aromatic heterocycles. The van der Waals surface area contributed by atoms with Crippen LogP contribution < -0.4 is 0 Å². The van der Waals surface area contributed by atoms with Crippen LogP contribution in [0.2, 0.25) is 0 Å². The molecule has 3 nitrogen and oxygen atoms in total. The monoisotopic (exact) mass is 300 g/mol. The van der Waals surface area contributed by atoms with Crippen LogP contribution in [-0.2, 0) is 11.3 Å². The van der Waals surface area contributed by atoms with Gasteiger partial charge in [-0.05, 0) is 18.6 Å². The molecule has 0 saturated carbocycles. The Morgan fingerprint density at radius 1 is 1.29 bits per heavy atom. The molecule has 0 bridgehead atoms. The first-order valence-corrected chi connectivity index (χ1v) is 8.49. The molecule has 4 heteroatoms. The van der Waals surface area contributed by atoms with Gasteiger partial charge in [-0.2, -0.15) is 0 Å². The number of ether oxygens (including phenoxy) is 1. The molecule has 0 unspecified atom stereocenters. The zero-order valence-electron chi connectivity index (χ0n) is 12.3. The smallest absolute Gasteiger partial charge is 0.0705 e. The number of benzene rings is 1. The van der Waals surface area contributed by atoms with Crippen molar-refractivity contribution in [1.82, 2.24) is 9.88 Å². The quantitative estimate of drug-likeness (QED) is 0.870. The predicted octanol–water partition coefficient (Wildman–Crippen LogP) is 2.94. The van der Waals surface area contributed by atoms with E-state index in [0.29, 0.717) is 10.9 Å². The molecule has 0 aliphatic carbocycles. The number of rotatable bonds is 3. The number of fused-ring (bicyclic) bond motifs is 1. The van der Waals surface area contributed by atoms with Crippen LogP contribution >= 0.6 is 11.8 Å². The summed E-state index contributed by atoms with van der Waals surface area (Å²) < 4.78 is 5.95. The summed E-state index contributed by atoms with van der Waals surface area (Å²) in [5.41, 5.74) is 2.27. The van der Waals surface area contributed by atoms with E-state index in [1.165, 1.54) is 30.6 Å². The average molecular weight is 300 g/mol. The molecule has 3 heterocycles. The van der Waals surface area contributed by atoms with Crippen LogP contribution in [0.4, 0.5) is 0 Å². The van der Waals surface area contributed by atoms with Crippen molar-refractivity contribution in [2.45, 2.75) is 23.8 Å². The first-order chi connectivity index (χ1) is 10.3. The number of aromatic nitrogens is 1. The van der Waals surface area contributed by atoms with Gasteiger partial charge in [-0.1, -0.05) is 24.3 Å². The Hall–Kier alpha value is -1.10. The van der Waals surface area contributed by atoms with Gasteiger partial charge in [0.15, 0.2) is 0 Å². The van der Waals surface area contributed by atoms with Crippen molar-refractivity contribution in [3.8, 4) is 0 Å². The molecule has 4 rings (SSSR count). The number of thioether (sulfide) groups is 1. The Balaban J connectivity index is 1.41. The van der Waals surface area contributed by atoms with E-state index in [-0.39, 0.29) is 0 Å². The Morgan fingerprint density at radius 2 is 2.14 bits per heavy atom. The van der Waals surface area contributed by atoms with E-state index in [1.807, 2.05) is 7.11 Å². The van der Waals surface area contributed by atoms with Crippen LogP contribution in [0, 0.1) is 0 Å². The number of pyridine rings is 1. The van der Waals surface area contributed by atoms with Gasteiger partial charge in [0.2, 0.25) is 0 Å². The van der Waals surface area contributed by atoms with Gasteiger partial charge < -0.3 is 4.74 Å². The molecule has 2 saturated heterocycles. The highest BCUT2D eigenvalue weighted by Crippen LogP contribution is 2.46. The molecule has 0 N–H and O–H groups in total. The fraction of sp³-hybridized carbons (Fsp3) is 0.471. The first-order valence-electron chi connectivity index (χ1n) is 7.50. The summed E-state index contributed by atoms with van der Waals surface area (Å²) in [4.78, 5) is 7.27. The largest absolute Gasteiger partial charge is 0.381 e. The van der Waals surface area contributed by atoms with Gasteiger partial charge in [0.05, 0.1) is 17.3 Å². The minimum atomic E-state index is 0.455. The Labute approximate surface area is 129 Å². The summed E-state index contributed by atoms with van der Waals surface area (Å²) in [5, 5.41) is 1.22. The average Bonchev–Trinajstić information content (AvgIpc) is 2.91. The highest BCUT2D eigenvalue weighted by molar-refractivity contribution is 8.01. The van der Waals surface area contributed by atoms with Gasteiger partial charge in [0.1, 0.15) is 0 Å². The Morgan fingerprint density at radius 3 is 2.95 bits per heavy atom. The number of likely N-dealkylation sites (tertiary alicyclic amines) is 1. The maximum atomic E-state index is 5.49. The van der Waals surface area contributed by atoms with E-state index < -0.39 is 0 Å². The summed E-state index contributed by atoms with van der Waals surface area (Å²) in [6.07, 6.45) is 1.66. The molecule has 2 fully saturated rings. The highest BCUT2D eigenvalue weighted by Gasteiger charge is 2.48. The van der Waals surface area contributed by atoms with Crippen molar-refractivity contribution >= 4 is 22.7 Å². The molecule has 2 aliphatic rings. The maximum Gasteiger partial charge on any atom is 0.0705 e. The summed E-state index contributed by atoms with van der Waals surface area (Å²) in [6.45, 7) is 3.31. The molecule has 2 aromatic rings. The second kappa shape index (κ2) is 5.27. The van der Waals surface area contributed by atoms with Crippen molar-refractivity contribution < 1.29 is 4.74 Å².